The van der Waals surface area contributed by atoms with E-state index in [1.165, 1.54) is 208 Å². The molecule has 0 unspecified atom stereocenters. The van der Waals surface area contributed by atoms with Gasteiger partial charge in [0.1, 0.15) is 124 Å². The van der Waals surface area contributed by atoms with E-state index in [1.54, 1.807) is 36.5 Å². The average Bonchev–Trinajstić information content (AvgIpc) is 1.24. The number of aromatic nitrogens is 18. The predicted molar refractivity (Wildman–Crippen MR) is 487 cm³/mol. The Hall–Kier alpha value is -20.0. The Morgan fingerprint density at radius 3 is 0.895 bits per heavy atom. The molecular weight excluding hydrogens is 1910 g/mol. The standard InChI is InChI=1S/C17H13FN4O2.C16H9F3N4O2.2C16H10F2N4O2.C16H11FN4O2.C14H8F2N4O2S/c1-11-2-3-16(21-7-11)17(23)22-13-4-12(18)5-14(6-13)24-15-8-19-10-20-9-15;17-9-1-2-22-13(3-9)16(24)23-10-4-12(18)15(19)14(5-10)25-11-6-20-8-21-7-11;17-10-1-2-21-15(5-10)16(23)22-12-3-11(18)4-13(6-12)24-14-7-19-9-20-8-14;17-10-4-11(22-16(23)15-14(18)2-1-3-21-15)6-12(5-10)24-13-7-19-9-20-8-13;17-11-5-12(21-16(22)15-3-1-2-4-20-15)7-13(6-11)23-14-8-18-10-19-9-14;15-10-1-8(20-14(21)11-5-23-7-19-11)2-12(13(10)16)22-9-3-17-6-18-4-9/h2-10H,1H3,(H,22,23);1-8H,(H,23,24);2*1-9H,(H,22,23);1-10H,(H,21,22);1-7H,(H,20,21). The molecule has 48 heteroatoms. The number of thiazole rings is 1. The van der Waals surface area contributed by atoms with E-state index in [4.69, 9.17) is 28.4 Å². The van der Waals surface area contributed by atoms with Crippen LogP contribution in [0, 0.1) is 70.9 Å². The summed E-state index contributed by atoms with van der Waals surface area (Å²) >= 11 is 1.24. The van der Waals surface area contributed by atoms with Gasteiger partial charge in [-0.1, -0.05) is 12.1 Å². The van der Waals surface area contributed by atoms with E-state index in [-0.39, 0.29) is 103 Å². The predicted octanol–water partition coefficient (Wildman–Crippen LogP) is 19.4. The number of amides is 6. The van der Waals surface area contributed by atoms with Crippen molar-refractivity contribution in [2.45, 2.75) is 6.92 Å². The monoisotopic (exact) mass is 1970 g/mol. The molecule has 6 aromatic carbocycles. The van der Waals surface area contributed by atoms with Crippen LogP contribution >= 0.6 is 11.3 Å². The lowest BCUT2D eigenvalue weighted by molar-refractivity contribution is 0.101. The third-order valence-corrected chi connectivity index (χ3v) is 17.8. The van der Waals surface area contributed by atoms with Gasteiger partial charge in [0.05, 0.1) is 79.9 Å². The third-order valence-electron chi connectivity index (χ3n) is 17.2. The molecule has 143 heavy (non-hydrogen) atoms. The Morgan fingerprint density at radius 2 is 0.573 bits per heavy atom. The minimum absolute atomic E-state index is 0.0359. The van der Waals surface area contributed by atoms with Crippen LogP contribution < -0.4 is 60.3 Å². The van der Waals surface area contributed by atoms with Crippen molar-refractivity contribution in [3.63, 3.8) is 0 Å². The lowest BCUT2D eigenvalue weighted by Gasteiger charge is -2.10. The fourth-order valence-electron chi connectivity index (χ4n) is 11.2. The van der Waals surface area contributed by atoms with E-state index >= 15 is 0 Å². The summed E-state index contributed by atoms with van der Waals surface area (Å²) in [7, 11) is 0. The summed E-state index contributed by atoms with van der Waals surface area (Å²) in [6.07, 6.45) is 31.1. The number of ether oxygens (including phenoxy) is 6. The lowest BCUT2D eigenvalue weighted by atomic mass is 10.2. The highest BCUT2D eigenvalue weighted by molar-refractivity contribution is 7.07. The molecule has 0 aliphatic heterocycles. The van der Waals surface area contributed by atoms with Crippen molar-refractivity contribution in [2.75, 3.05) is 31.9 Å². The first-order chi connectivity index (χ1) is 69.2. The highest BCUT2D eigenvalue weighted by atomic mass is 32.1. The van der Waals surface area contributed by atoms with Crippen molar-refractivity contribution < 1.29 is 105 Å². The Balaban J connectivity index is 0.000000144. The molecule has 6 amide bonds. The Kier molecular flexibility index (Phi) is 35.2. The average molecular weight is 1970 g/mol. The van der Waals surface area contributed by atoms with Crippen molar-refractivity contribution in [3.05, 3.63) is 422 Å². The number of carbonyl (C=O) groups is 6. The first-order valence-corrected chi connectivity index (χ1v) is 41.3. The third kappa shape index (κ3) is 31.6. The maximum Gasteiger partial charge on any atom is 0.277 e. The molecular formula is C95H61F11N24O12S. The highest BCUT2D eigenvalue weighted by Gasteiger charge is 2.22. The van der Waals surface area contributed by atoms with Gasteiger partial charge in [-0.25, -0.2) is 109 Å². The van der Waals surface area contributed by atoms with E-state index in [2.05, 4.69) is 122 Å². The van der Waals surface area contributed by atoms with Crippen molar-refractivity contribution >= 4 is 80.9 Å². The molecule has 18 aromatic rings. The quantitative estimate of drug-likeness (QED) is 0.0306. The maximum absolute atomic E-state index is 13.9. The zero-order chi connectivity index (χ0) is 101. The van der Waals surface area contributed by atoms with Gasteiger partial charge in [-0.15, -0.1) is 11.3 Å². The number of pyridine rings is 5. The molecule has 0 saturated carbocycles. The van der Waals surface area contributed by atoms with Crippen LogP contribution in [0.3, 0.4) is 0 Å². The normalized spacial score (nSPS) is 10.3. The molecule has 12 heterocycles. The second-order valence-corrected chi connectivity index (χ2v) is 28.6. The molecule has 18 rings (SSSR count). The molecule has 0 fully saturated rings. The van der Waals surface area contributed by atoms with E-state index < -0.39 is 111 Å². The van der Waals surface area contributed by atoms with Gasteiger partial charge >= 0.3 is 0 Å². The molecule has 6 N–H and O–H groups in total. The number of nitrogens with zero attached hydrogens (tertiary/aromatic N) is 18. The van der Waals surface area contributed by atoms with Crippen LogP contribution in [0.1, 0.15) is 68.5 Å². The SMILES string of the molecule is Cc1ccc(C(=O)Nc2cc(F)cc(Oc3cncnc3)c2)nc1.O=C(Nc1cc(F)c(F)c(Oc2cncnc2)c1)c1cc(F)ccn1.O=C(Nc1cc(F)c(F)c(Oc2cncnc2)c1)c1cscn1.O=C(Nc1cc(F)cc(Oc2cncnc2)c1)c1cc(F)ccn1.O=C(Nc1cc(F)cc(Oc2cncnc2)c1)c1ccccn1.O=C(Nc1cc(F)cc(Oc2cncnc2)c1)c1ncccc1F. The van der Waals surface area contributed by atoms with Gasteiger partial charge in [0.25, 0.3) is 35.4 Å². The number of aryl methyl sites for hydroxylation is 1. The fraction of sp³-hybridized carbons (Fsp3) is 0.0105. The van der Waals surface area contributed by atoms with Gasteiger partial charge in [0.15, 0.2) is 69.1 Å². The Bertz CT molecular complexity index is 7430. The van der Waals surface area contributed by atoms with E-state index in [0.717, 1.165) is 90.6 Å². The number of nitrogens with one attached hydrogen (secondary N) is 6. The second kappa shape index (κ2) is 50.0. The molecule has 0 atom stereocenters. The number of benzene rings is 6. The highest BCUT2D eigenvalue weighted by Crippen LogP contribution is 2.35. The Morgan fingerprint density at radius 1 is 0.252 bits per heavy atom. The van der Waals surface area contributed by atoms with Crippen LogP contribution in [-0.4, -0.2) is 125 Å². The summed E-state index contributed by atoms with van der Waals surface area (Å²) in [4.78, 5) is 140. The number of halogens is 11. The second-order valence-electron chi connectivity index (χ2n) is 27.9. The molecule has 0 aliphatic carbocycles. The largest absolute Gasteiger partial charge is 0.454 e. The maximum atomic E-state index is 13.9. The smallest absolute Gasteiger partial charge is 0.277 e. The zero-order valence-corrected chi connectivity index (χ0v) is 73.4. The summed E-state index contributed by atoms with van der Waals surface area (Å²) in [5.41, 5.74) is 3.04. The fourth-order valence-corrected chi connectivity index (χ4v) is 11.8. The molecule has 0 bridgehead atoms. The summed E-state index contributed by atoms with van der Waals surface area (Å²) in [5, 5.41) is 16.2. The molecule has 0 radical (unpaired) electrons. The van der Waals surface area contributed by atoms with Crippen molar-refractivity contribution in [2.24, 2.45) is 0 Å². The topological polar surface area (TPSA) is 462 Å². The number of rotatable bonds is 24. The van der Waals surface area contributed by atoms with Crippen LogP contribution in [0.15, 0.2) is 318 Å². The van der Waals surface area contributed by atoms with Crippen LogP contribution in [-0.2, 0) is 0 Å². The van der Waals surface area contributed by atoms with Gasteiger partial charge in [-0.05, 0) is 79.2 Å². The van der Waals surface area contributed by atoms with Gasteiger partial charge in [0, 0.05) is 155 Å². The van der Waals surface area contributed by atoms with Crippen LogP contribution in [0.5, 0.6) is 69.0 Å². The zero-order valence-electron chi connectivity index (χ0n) is 72.5. The van der Waals surface area contributed by atoms with Crippen LogP contribution in [0.25, 0.3) is 0 Å². The van der Waals surface area contributed by atoms with Gasteiger partial charge in [-0.3, -0.25) is 48.7 Å². The number of hydrogen-bond donors (Lipinski definition) is 6. The molecule has 0 saturated heterocycles. The van der Waals surface area contributed by atoms with E-state index in [9.17, 15) is 77.1 Å². The molecule has 716 valence electrons. The number of anilines is 6. The molecule has 0 aliphatic rings. The minimum atomic E-state index is -1.24. The molecule has 36 nitrogen and oxygen atoms in total. The summed E-state index contributed by atoms with van der Waals surface area (Å²) in [6, 6.07) is 33.8. The van der Waals surface area contributed by atoms with Crippen molar-refractivity contribution in [3.8, 4) is 69.0 Å². The first-order valence-electron chi connectivity index (χ1n) is 40.4. The van der Waals surface area contributed by atoms with Gasteiger partial charge in [0.2, 0.25) is 11.6 Å². The van der Waals surface area contributed by atoms with E-state index in [1.807, 2.05) is 6.92 Å². The number of hydrogen-bond acceptors (Lipinski definition) is 31. The lowest BCUT2D eigenvalue weighted by Crippen LogP contribution is -2.15. The molecule has 12 aromatic heterocycles. The summed E-state index contributed by atoms with van der Waals surface area (Å²) < 4.78 is 182. The van der Waals surface area contributed by atoms with Gasteiger partial charge in [-0.2, -0.15) is 8.78 Å². The van der Waals surface area contributed by atoms with Crippen molar-refractivity contribution in [1.82, 2.24) is 89.7 Å². The van der Waals surface area contributed by atoms with Crippen LogP contribution in [0.4, 0.5) is 82.4 Å². The number of carbonyl (C=O) groups excluding carboxylic acids is 6. The first kappa shape index (κ1) is 100. The van der Waals surface area contributed by atoms with Crippen molar-refractivity contribution in [1.29, 1.82) is 0 Å². The van der Waals surface area contributed by atoms with Crippen LogP contribution in [0.2, 0.25) is 0 Å². The van der Waals surface area contributed by atoms with Gasteiger partial charge < -0.3 is 60.3 Å². The Labute approximate surface area is 801 Å². The molecule has 0 spiro atoms. The summed E-state index contributed by atoms with van der Waals surface area (Å²) in [5.74, 6) is -11.5. The summed E-state index contributed by atoms with van der Waals surface area (Å²) in [6.45, 7) is 1.87. The van der Waals surface area contributed by atoms with E-state index in [0.29, 0.717) is 23.0 Å². The minimum Gasteiger partial charge on any atom is -0.454 e.